The molecule has 0 saturated carbocycles. The first kappa shape index (κ1) is 30.4. The Morgan fingerprint density at radius 3 is 2.21 bits per heavy atom. The molecule has 222 valence electrons. The van der Waals surface area contributed by atoms with Crippen molar-refractivity contribution in [3.05, 3.63) is 111 Å². The Morgan fingerprint density at radius 2 is 1.57 bits per heavy atom. The number of alkyl halides is 6. The zero-order chi connectivity index (χ0) is 30.1. The molecular formula is C32H29BrF6N2O. The smallest absolute Gasteiger partial charge is 0.351 e. The van der Waals surface area contributed by atoms with Crippen LogP contribution in [0.4, 0.5) is 26.3 Å². The van der Waals surface area contributed by atoms with Crippen molar-refractivity contribution in [3.63, 3.8) is 0 Å². The maximum atomic E-state index is 13.4. The van der Waals surface area contributed by atoms with Crippen molar-refractivity contribution in [2.75, 3.05) is 19.6 Å². The predicted octanol–water partition coefficient (Wildman–Crippen LogP) is 8.34. The van der Waals surface area contributed by atoms with Crippen LogP contribution in [-0.4, -0.2) is 30.4 Å². The molecule has 1 spiro atoms. The lowest BCUT2D eigenvalue weighted by Gasteiger charge is -2.39. The van der Waals surface area contributed by atoms with E-state index >= 15 is 0 Å². The molecule has 0 bridgehead atoms. The van der Waals surface area contributed by atoms with E-state index in [2.05, 4.69) is 56.5 Å². The summed E-state index contributed by atoms with van der Waals surface area (Å²) in [5.74, 6) is -1.10. The molecule has 1 heterocycles. The average Bonchev–Trinajstić information content (AvgIpc) is 3.30. The van der Waals surface area contributed by atoms with E-state index in [4.69, 9.17) is 0 Å². The first-order chi connectivity index (χ1) is 19.8. The molecular weight excluding hydrogens is 622 g/mol. The third-order valence-corrected chi connectivity index (χ3v) is 8.74. The van der Waals surface area contributed by atoms with E-state index in [1.807, 2.05) is 18.2 Å². The summed E-state index contributed by atoms with van der Waals surface area (Å²) < 4.78 is 80.6. The summed E-state index contributed by atoms with van der Waals surface area (Å²) in [6.45, 7) is 1.84. The number of amides is 1. The molecule has 3 nitrogen and oxygen atoms in total. The van der Waals surface area contributed by atoms with Gasteiger partial charge in [0.05, 0.1) is 17.0 Å². The molecule has 1 fully saturated rings. The normalized spacial score (nSPS) is 17.3. The molecule has 1 saturated heterocycles. The number of halogens is 7. The minimum atomic E-state index is -4.96. The Hall–Kier alpha value is -3.11. The van der Waals surface area contributed by atoms with Crippen molar-refractivity contribution < 1.29 is 31.1 Å². The molecule has 0 aromatic heterocycles. The zero-order valence-electron chi connectivity index (χ0n) is 22.5. The number of carbonyl (C=O) groups excluding carboxylic acids is 1. The molecule has 1 aliphatic heterocycles. The number of carbonyl (C=O) groups is 1. The van der Waals surface area contributed by atoms with Gasteiger partial charge < -0.3 is 10.2 Å². The van der Waals surface area contributed by atoms with E-state index in [0.29, 0.717) is 30.7 Å². The van der Waals surface area contributed by atoms with Crippen LogP contribution in [-0.2, 0) is 29.1 Å². The molecule has 1 amide bonds. The van der Waals surface area contributed by atoms with E-state index in [0.717, 1.165) is 30.4 Å². The standard InChI is InChI=1S/C32H29BrF6N2O/c33-26-6-3-5-23(18-26)27(9-13-41-14-11-30(12-15-41)10-8-22-4-1-2-7-28(22)30)29(42)40-20-21-16-24(31(34,35)36)19-25(17-21)32(37,38)39/h1-8,10,16-19,27H,9,11-15,20H2,(H,40,42). The lowest BCUT2D eigenvalue weighted by Crippen LogP contribution is -2.42. The SMILES string of the molecule is O=C(NCc1cc(C(F)(F)F)cc(C(F)(F)F)c1)C(CCN1CCC2(C=Cc3ccccc32)CC1)c1cccc(Br)c1. The van der Waals surface area contributed by atoms with E-state index in [-0.39, 0.29) is 17.0 Å². The molecule has 1 N–H and O–H groups in total. The van der Waals surface area contributed by atoms with Crippen LogP contribution < -0.4 is 5.32 Å². The number of likely N-dealkylation sites (tertiary alicyclic amines) is 1. The zero-order valence-corrected chi connectivity index (χ0v) is 24.1. The number of hydrogen-bond donors (Lipinski definition) is 1. The van der Waals surface area contributed by atoms with Crippen LogP contribution in [0.1, 0.15) is 58.6 Å². The highest BCUT2D eigenvalue weighted by Crippen LogP contribution is 2.44. The fraction of sp³-hybridized carbons (Fsp3) is 0.344. The van der Waals surface area contributed by atoms with Crippen molar-refractivity contribution in [1.29, 1.82) is 0 Å². The van der Waals surface area contributed by atoms with Gasteiger partial charge in [-0.3, -0.25) is 4.79 Å². The number of hydrogen-bond acceptors (Lipinski definition) is 2. The molecule has 1 aliphatic carbocycles. The van der Waals surface area contributed by atoms with Crippen molar-refractivity contribution in [3.8, 4) is 0 Å². The number of piperidine rings is 1. The summed E-state index contributed by atoms with van der Waals surface area (Å²) in [4.78, 5) is 15.7. The Balaban J connectivity index is 1.27. The molecule has 5 rings (SSSR count). The van der Waals surface area contributed by atoms with Gasteiger partial charge in [-0.1, -0.05) is 64.5 Å². The number of benzene rings is 3. The second kappa shape index (κ2) is 11.9. The second-order valence-electron chi connectivity index (χ2n) is 10.9. The van der Waals surface area contributed by atoms with Crippen molar-refractivity contribution >= 4 is 27.9 Å². The van der Waals surface area contributed by atoms with Gasteiger partial charge in [-0.05, 0) is 91.5 Å². The van der Waals surface area contributed by atoms with Crippen LogP contribution >= 0.6 is 15.9 Å². The molecule has 3 aromatic rings. The van der Waals surface area contributed by atoms with Crippen molar-refractivity contribution in [2.45, 2.75) is 49.5 Å². The predicted molar refractivity (Wildman–Crippen MR) is 153 cm³/mol. The van der Waals surface area contributed by atoms with Gasteiger partial charge in [0.1, 0.15) is 0 Å². The van der Waals surface area contributed by atoms with Crippen molar-refractivity contribution in [1.82, 2.24) is 10.2 Å². The summed E-state index contributed by atoms with van der Waals surface area (Å²) in [7, 11) is 0. The third-order valence-electron chi connectivity index (χ3n) is 8.24. The monoisotopic (exact) mass is 650 g/mol. The van der Waals surface area contributed by atoms with Crippen LogP contribution in [0.3, 0.4) is 0 Å². The molecule has 2 aliphatic rings. The Bertz CT molecular complexity index is 1440. The van der Waals surface area contributed by atoms with E-state index in [1.165, 1.54) is 11.1 Å². The lowest BCUT2D eigenvalue weighted by atomic mass is 9.74. The van der Waals surface area contributed by atoms with E-state index in [9.17, 15) is 31.1 Å². The Kier molecular flexibility index (Phi) is 8.58. The Labute approximate surface area is 248 Å². The highest BCUT2D eigenvalue weighted by atomic mass is 79.9. The van der Waals surface area contributed by atoms with Crippen LogP contribution in [0.15, 0.2) is 77.3 Å². The number of allylic oxidation sites excluding steroid dienone is 1. The number of fused-ring (bicyclic) bond motifs is 2. The molecule has 1 unspecified atom stereocenters. The van der Waals surface area contributed by atoms with Crippen LogP contribution in [0.5, 0.6) is 0 Å². The maximum Gasteiger partial charge on any atom is 0.416 e. The van der Waals surface area contributed by atoms with E-state index < -0.39 is 41.8 Å². The molecule has 3 aromatic carbocycles. The fourth-order valence-electron chi connectivity index (χ4n) is 5.96. The number of nitrogens with one attached hydrogen (secondary N) is 1. The topological polar surface area (TPSA) is 32.3 Å². The quantitative estimate of drug-likeness (QED) is 0.261. The minimum Gasteiger partial charge on any atom is -0.351 e. The Morgan fingerprint density at radius 1 is 0.905 bits per heavy atom. The highest BCUT2D eigenvalue weighted by molar-refractivity contribution is 9.10. The van der Waals surface area contributed by atoms with Crippen molar-refractivity contribution in [2.24, 2.45) is 0 Å². The van der Waals surface area contributed by atoms with Crippen LogP contribution in [0.2, 0.25) is 0 Å². The van der Waals surface area contributed by atoms with Gasteiger partial charge in [0.15, 0.2) is 0 Å². The summed E-state index contributed by atoms with van der Waals surface area (Å²) in [6.07, 6.45) is -3.09. The summed E-state index contributed by atoms with van der Waals surface area (Å²) in [6, 6.07) is 17.0. The number of rotatable bonds is 7. The molecule has 0 radical (unpaired) electrons. The highest BCUT2D eigenvalue weighted by Gasteiger charge is 2.39. The largest absolute Gasteiger partial charge is 0.416 e. The average molecular weight is 651 g/mol. The summed E-state index contributed by atoms with van der Waals surface area (Å²) >= 11 is 3.42. The first-order valence-electron chi connectivity index (χ1n) is 13.7. The van der Waals surface area contributed by atoms with Gasteiger partial charge in [-0.2, -0.15) is 26.3 Å². The van der Waals surface area contributed by atoms with Gasteiger partial charge in [0, 0.05) is 16.4 Å². The summed E-state index contributed by atoms with van der Waals surface area (Å²) in [5, 5.41) is 2.60. The van der Waals surface area contributed by atoms with Gasteiger partial charge in [-0.15, -0.1) is 0 Å². The maximum absolute atomic E-state index is 13.4. The molecule has 10 heteroatoms. The number of nitrogens with zero attached hydrogens (tertiary/aromatic N) is 1. The van der Waals surface area contributed by atoms with Gasteiger partial charge in [-0.25, -0.2) is 0 Å². The second-order valence-corrected chi connectivity index (χ2v) is 11.9. The third kappa shape index (κ3) is 6.75. The van der Waals surface area contributed by atoms with Crippen LogP contribution in [0, 0.1) is 0 Å². The van der Waals surface area contributed by atoms with Gasteiger partial charge in [0.2, 0.25) is 5.91 Å². The summed E-state index contributed by atoms with van der Waals surface area (Å²) in [5.41, 5.74) is 0.238. The minimum absolute atomic E-state index is 0.0222. The fourth-order valence-corrected chi connectivity index (χ4v) is 6.38. The first-order valence-corrected chi connectivity index (χ1v) is 14.5. The van der Waals surface area contributed by atoms with Gasteiger partial charge in [0.25, 0.3) is 0 Å². The molecule has 1 atom stereocenters. The lowest BCUT2D eigenvalue weighted by molar-refractivity contribution is -0.143. The van der Waals surface area contributed by atoms with Gasteiger partial charge >= 0.3 is 12.4 Å². The molecule has 42 heavy (non-hydrogen) atoms. The van der Waals surface area contributed by atoms with Crippen LogP contribution in [0.25, 0.3) is 6.08 Å². The van der Waals surface area contributed by atoms with E-state index in [1.54, 1.807) is 12.1 Å².